The van der Waals surface area contributed by atoms with Crippen molar-refractivity contribution in [3.63, 3.8) is 0 Å². The zero-order chi connectivity index (χ0) is 17.2. The van der Waals surface area contributed by atoms with Gasteiger partial charge < -0.3 is 20.9 Å². The van der Waals surface area contributed by atoms with Crippen LogP contribution < -0.4 is 16.0 Å². The number of aromatic nitrogens is 1. The van der Waals surface area contributed by atoms with Crippen molar-refractivity contribution in [1.29, 1.82) is 0 Å². The summed E-state index contributed by atoms with van der Waals surface area (Å²) < 4.78 is 0. The molecule has 0 saturated carbocycles. The van der Waals surface area contributed by atoms with Crippen LogP contribution in [-0.4, -0.2) is 68.1 Å². The van der Waals surface area contributed by atoms with Crippen LogP contribution in [0.4, 0.5) is 0 Å². The van der Waals surface area contributed by atoms with E-state index in [0.717, 1.165) is 24.7 Å². The van der Waals surface area contributed by atoms with Gasteiger partial charge >= 0.3 is 0 Å². The highest BCUT2D eigenvalue weighted by atomic mass is 32.1. The molecule has 0 radical (unpaired) electrons. The van der Waals surface area contributed by atoms with E-state index in [2.05, 4.69) is 30.8 Å². The van der Waals surface area contributed by atoms with E-state index in [4.69, 9.17) is 0 Å². The summed E-state index contributed by atoms with van der Waals surface area (Å²) in [6.07, 6.45) is 3.98. The van der Waals surface area contributed by atoms with Gasteiger partial charge in [-0.1, -0.05) is 6.42 Å². The topological polar surface area (TPSA) is 81.6 Å². The Bertz CT molecular complexity index is 538. The fourth-order valence-electron chi connectivity index (χ4n) is 2.69. The molecule has 0 spiro atoms. The zero-order valence-corrected chi connectivity index (χ0v) is 15.4. The lowest BCUT2D eigenvalue weighted by Crippen LogP contribution is -2.44. The number of amides is 1. The molecule has 2 rings (SSSR count). The highest BCUT2D eigenvalue weighted by Gasteiger charge is 2.11. The fraction of sp³-hybridized carbons (Fsp3) is 0.688. The third-order valence-electron chi connectivity index (χ3n) is 4.05. The number of piperidine rings is 1. The maximum atomic E-state index is 12.0. The van der Waals surface area contributed by atoms with Crippen molar-refractivity contribution in [2.24, 2.45) is 4.99 Å². The number of hydrogen-bond donors (Lipinski definition) is 3. The average molecular weight is 353 g/mol. The van der Waals surface area contributed by atoms with Gasteiger partial charge in [0.2, 0.25) is 0 Å². The van der Waals surface area contributed by atoms with Crippen LogP contribution in [0.15, 0.2) is 10.5 Å². The first-order valence-electron chi connectivity index (χ1n) is 8.56. The number of carbonyl (C=O) groups is 1. The molecule has 0 bridgehead atoms. The van der Waals surface area contributed by atoms with Crippen molar-refractivity contribution in [2.45, 2.75) is 26.2 Å². The van der Waals surface area contributed by atoms with E-state index in [1.54, 1.807) is 12.6 Å². The number of nitrogens with zero attached hydrogens (tertiary/aromatic N) is 3. The number of nitrogens with one attached hydrogen (secondary N) is 3. The second-order valence-corrected chi connectivity index (χ2v) is 6.71. The molecule has 1 fully saturated rings. The van der Waals surface area contributed by atoms with Crippen LogP contribution >= 0.6 is 11.3 Å². The molecule has 1 aliphatic heterocycles. The summed E-state index contributed by atoms with van der Waals surface area (Å²) in [4.78, 5) is 23.4. The van der Waals surface area contributed by atoms with Crippen LogP contribution in [0.1, 0.15) is 34.6 Å². The zero-order valence-electron chi connectivity index (χ0n) is 14.6. The van der Waals surface area contributed by atoms with E-state index in [1.807, 2.05) is 6.92 Å². The molecule has 134 valence electrons. The lowest BCUT2D eigenvalue weighted by atomic mass is 10.1. The molecule has 24 heavy (non-hydrogen) atoms. The average Bonchev–Trinajstić information content (AvgIpc) is 3.04. The van der Waals surface area contributed by atoms with Gasteiger partial charge in [0, 0.05) is 33.2 Å². The summed E-state index contributed by atoms with van der Waals surface area (Å²) in [5, 5.41) is 9.43. The van der Waals surface area contributed by atoms with Crippen LogP contribution in [0.25, 0.3) is 0 Å². The summed E-state index contributed by atoms with van der Waals surface area (Å²) in [5.74, 6) is 0.708. The standard InChI is InChI=1S/C16H28N6OS/c1-13-14(24-12-21-13)15(23)18-6-7-19-16(17-2)20-8-11-22-9-4-3-5-10-22/h12H,3-11H2,1-2H3,(H,18,23)(H2,17,19,20). The summed E-state index contributed by atoms with van der Waals surface area (Å²) in [6.45, 7) is 7.36. The fourth-order valence-corrected chi connectivity index (χ4v) is 3.41. The van der Waals surface area contributed by atoms with Crippen LogP contribution in [-0.2, 0) is 0 Å². The molecule has 2 heterocycles. The molecule has 1 amide bonds. The monoisotopic (exact) mass is 352 g/mol. The molecule has 8 heteroatoms. The molecule has 7 nitrogen and oxygen atoms in total. The first-order chi connectivity index (χ1) is 11.7. The second kappa shape index (κ2) is 10.2. The minimum atomic E-state index is -0.0650. The van der Waals surface area contributed by atoms with Crippen molar-refractivity contribution in [2.75, 3.05) is 46.3 Å². The smallest absolute Gasteiger partial charge is 0.263 e. The Morgan fingerprint density at radius 3 is 2.58 bits per heavy atom. The Kier molecular flexibility index (Phi) is 7.97. The Hall–Kier alpha value is -1.67. The summed E-state index contributed by atoms with van der Waals surface area (Å²) >= 11 is 1.37. The molecule has 1 aromatic heterocycles. The van der Waals surface area contributed by atoms with Gasteiger partial charge in [0.25, 0.3) is 5.91 Å². The molecule has 0 aliphatic carbocycles. The molecule has 1 aliphatic rings. The van der Waals surface area contributed by atoms with Gasteiger partial charge in [-0.2, -0.15) is 0 Å². The molecule has 3 N–H and O–H groups in total. The van der Waals surface area contributed by atoms with Crippen molar-refractivity contribution >= 4 is 23.2 Å². The maximum absolute atomic E-state index is 12.0. The van der Waals surface area contributed by atoms with E-state index in [0.29, 0.717) is 18.0 Å². The summed E-state index contributed by atoms with van der Waals surface area (Å²) in [6, 6.07) is 0. The molecule has 1 saturated heterocycles. The van der Waals surface area contributed by atoms with Crippen LogP contribution in [0.2, 0.25) is 0 Å². The van der Waals surface area contributed by atoms with Gasteiger partial charge in [-0.3, -0.25) is 9.79 Å². The lowest BCUT2D eigenvalue weighted by Gasteiger charge is -2.26. The number of thiazole rings is 1. The van der Waals surface area contributed by atoms with Gasteiger partial charge in [0.05, 0.1) is 11.2 Å². The number of rotatable bonds is 7. The molecular weight excluding hydrogens is 324 g/mol. The van der Waals surface area contributed by atoms with Gasteiger partial charge in [-0.05, 0) is 32.9 Å². The van der Waals surface area contributed by atoms with Gasteiger partial charge in [0.15, 0.2) is 5.96 Å². The minimum Gasteiger partial charge on any atom is -0.355 e. The molecule has 0 unspecified atom stereocenters. The van der Waals surface area contributed by atoms with E-state index < -0.39 is 0 Å². The van der Waals surface area contributed by atoms with Crippen molar-refractivity contribution in [1.82, 2.24) is 25.8 Å². The summed E-state index contributed by atoms with van der Waals surface area (Å²) in [7, 11) is 1.76. The van der Waals surface area contributed by atoms with Crippen LogP contribution in [0.5, 0.6) is 0 Å². The number of likely N-dealkylation sites (tertiary alicyclic amines) is 1. The first kappa shape index (κ1) is 18.7. The lowest BCUT2D eigenvalue weighted by molar-refractivity contribution is 0.0957. The number of hydrogen-bond acceptors (Lipinski definition) is 5. The van der Waals surface area contributed by atoms with E-state index in [1.165, 1.54) is 43.7 Å². The highest BCUT2D eigenvalue weighted by molar-refractivity contribution is 7.11. The van der Waals surface area contributed by atoms with Crippen molar-refractivity contribution < 1.29 is 4.79 Å². The largest absolute Gasteiger partial charge is 0.355 e. The Morgan fingerprint density at radius 1 is 1.21 bits per heavy atom. The van der Waals surface area contributed by atoms with Crippen molar-refractivity contribution in [3.8, 4) is 0 Å². The predicted molar refractivity (Wildman–Crippen MR) is 98.8 cm³/mol. The third-order valence-corrected chi connectivity index (χ3v) is 4.97. The van der Waals surface area contributed by atoms with Crippen molar-refractivity contribution in [3.05, 3.63) is 16.1 Å². The Balaban J connectivity index is 1.58. The SMILES string of the molecule is CN=C(NCCNC(=O)c1scnc1C)NCCN1CCCCC1. The molecule has 0 aromatic carbocycles. The predicted octanol–water partition coefficient (Wildman–Crippen LogP) is 0.832. The Labute approximate surface area is 147 Å². The number of aliphatic imine (C=N–C) groups is 1. The quantitative estimate of drug-likeness (QED) is 0.385. The van der Waals surface area contributed by atoms with Gasteiger partial charge in [-0.15, -0.1) is 11.3 Å². The van der Waals surface area contributed by atoms with E-state index >= 15 is 0 Å². The normalized spacial score (nSPS) is 16.0. The maximum Gasteiger partial charge on any atom is 0.263 e. The molecular formula is C16H28N6OS. The van der Waals surface area contributed by atoms with E-state index in [-0.39, 0.29) is 5.91 Å². The van der Waals surface area contributed by atoms with Gasteiger partial charge in [0.1, 0.15) is 4.88 Å². The van der Waals surface area contributed by atoms with Gasteiger partial charge in [-0.25, -0.2) is 4.98 Å². The number of aryl methyl sites for hydroxylation is 1. The minimum absolute atomic E-state index is 0.0650. The second-order valence-electron chi connectivity index (χ2n) is 5.85. The first-order valence-corrected chi connectivity index (χ1v) is 9.44. The van der Waals surface area contributed by atoms with Crippen LogP contribution in [0.3, 0.4) is 0 Å². The molecule has 1 aromatic rings. The van der Waals surface area contributed by atoms with Crippen LogP contribution in [0, 0.1) is 6.92 Å². The third kappa shape index (κ3) is 6.09. The highest BCUT2D eigenvalue weighted by Crippen LogP contribution is 2.11. The Morgan fingerprint density at radius 2 is 1.92 bits per heavy atom. The number of guanidine groups is 1. The van der Waals surface area contributed by atoms with E-state index in [9.17, 15) is 4.79 Å². The summed E-state index contributed by atoms with van der Waals surface area (Å²) in [5.41, 5.74) is 2.47. The molecule has 0 atom stereocenters. The number of carbonyl (C=O) groups excluding carboxylic acids is 1.